The number of rotatable bonds is 3. The molecule has 1 heteroatoms. The summed E-state index contributed by atoms with van der Waals surface area (Å²) in [7, 11) is 0. The summed E-state index contributed by atoms with van der Waals surface area (Å²) in [5.74, 6) is 0.0700. The highest BCUT2D eigenvalue weighted by molar-refractivity contribution is 5.63. The molecule has 0 radical (unpaired) electrons. The Morgan fingerprint density at radius 2 is 2.08 bits per heavy atom. The van der Waals surface area contributed by atoms with Crippen LogP contribution in [0.25, 0.3) is 0 Å². The second-order valence-corrected chi connectivity index (χ2v) is 3.51. The highest BCUT2D eigenvalue weighted by atomic mass is 16.1. The topological polar surface area (TPSA) is 17.1 Å². The first-order valence-electron chi connectivity index (χ1n) is 4.71. The number of hydrogen-bond donors (Lipinski definition) is 0. The molecule has 1 unspecified atom stereocenters. The van der Waals surface area contributed by atoms with Crippen molar-refractivity contribution in [1.29, 1.82) is 0 Å². The molecule has 0 aliphatic rings. The largest absolute Gasteiger partial charge is 0.303 e. The number of carbonyl (C=O) groups excluding carboxylic acids is 1. The van der Waals surface area contributed by atoms with E-state index in [1.807, 2.05) is 6.92 Å². The van der Waals surface area contributed by atoms with Gasteiger partial charge in [0.05, 0.1) is 0 Å². The summed E-state index contributed by atoms with van der Waals surface area (Å²) in [5.41, 5.74) is 3.64. The Bertz CT molecular complexity index is 302. The number of aryl methyl sites for hydroxylation is 2. The summed E-state index contributed by atoms with van der Waals surface area (Å²) in [5, 5.41) is 0. The molecule has 1 aromatic rings. The molecule has 0 heterocycles. The van der Waals surface area contributed by atoms with Crippen molar-refractivity contribution < 1.29 is 4.79 Å². The number of benzene rings is 1. The van der Waals surface area contributed by atoms with Gasteiger partial charge in [-0.05, 0) is 31.4 Å². The molecule has 13 heavy (non-hydrogen) atoms. The van der Waals surface area contributed by atoms with Gasteiger partial charge in [-0.2, -0.15) is 0 Å². The van der Waals surface area contributed by atoms with Gasteiger partial charge in [0.2, 0.25) is 0 Å². The Labute approximate surface area is 79.8 Å². The maximum atomic E-state index is 10.8. The second-order valence-electron chi connectivity index (χ2n) is 3.51. The zero-order chi connectivity index (χ0) is 9.84. The van der Waals surface area contributed by atoms with E-state index in [2.05, 4.69) is 32.0 Å². The first-order chi connectivity index (χ1) is 6.19. The van der Waals surface area contributed by atoms with Crippen LogP contribution in [-0.2, 0) is 4.79 Å². The van der Waals surface area contributed by atoms with E-state index in [0.717, 1.165) is 12.7 Å². The molecule has 1 rings (SSSR count). The van der Waals surface area contributed by atoms with Crippen molar-refractivity contribution in [2.24, 2.45) is 0 Å². The van der Waals surface area contributed by atoms with Crippen LogP contribution in [0.5, 0.6) is 0 Å². The maximum Gasteiger partial charge on any atom is 0.127 e. The van der Waals surface area contributed by atoms with E-state index >= 15 is 0 Å². The van der Waals surface area contributed by atoms with E-state index in [4.69, 9.17) is 0 Å². The van der Waals surface area contributed by atoms with Gasteiger partial charge in [-0.25, -0.2) is 0 Å². The normalized spacial score (nSPS) is 12.5. The lowest BCUT2D eigenvalue weighted by Gasteiger charge is -2.11. The van der Waals surface area contributed by atoms with Gasteiger partial charge < -0.3 is 4.79 Å². The monoisotopic (exact) mass is 176 g/mol. The molecule has 0 aliphatic heterocycles. The first-order valence-corrected chi connectivity index (χ1v) is 4.71. The second kappa shape index (κ2) is 4.22. The van der Waals surface area contributed by atoms with E-state index in [1.54, 1.807) is 0 Å². The minimum atomic E-state index is 0.0700. The smallest absolute Gasteiger partial charge is 0.127 e. The Balaban J connectivity index is 3.06. The lowest BCUT2D eigenvalue weighted by molar-refractivity contribution is -0.109. The predicted molar refractivity (Wildman–Crippen MR) is 55.0 cm³/mol. The summed E-state index contributed by atoms with van der Waals surface area (Å²) < 4.78 is 0. The van der Waals surface area contributed by atoms with Crippen LogP contribution in [0.3, 0.4) is 0 Å². The van der Waals surface area contributed by atoms with Crippen LogP contribution in [0.1, 0.15) is 36.0 Å². The maximum absolute atomic E-state index is 10.8. The van der Waals surface area contributed by atoms with E-state index in [1.165, 1.54) is 16.7 Å². The van der Waals surface area contributed by atoms with Crippen molar-refractivity contribution in [3.05, 3.63) is 34.9 Å². The summed E-state index contributed by atoms with van der Waals surface area (Å²) in [6.07, 6.45) is 1.92. The van der Waals surface area contributed by atoms with Crippen LogP contribution in [0.4, 0.5) is 0 Å². The highest BCUT2D eigenvalue weighted by Gasteiger charge is 2.09. The molecule has 0 saturated carbocycles. The molecule has 0 amide bonds. The third kappa shape index (κ3) is 2.18. The Hall–Kier alpha value is -1.11. The van der Waals surface area contributed by atoms with Crippen molar-refractivity contribution in [3.63, 3.8) is 0 Å². The van der Waals surface area contributed by atoms with Crippen molar-refractivity contribution in [3.8, 4) is 0 Å². The van der Waals surface area contributed by atoms with Crippen LogP contribution in [0, 0.1) is 13.8 Å². The van der Waals surface area contributed by atoms with E-state index < -0.39 is 0 Å². The SMILES string of the molecule is CCC(C=O)c1ccc(C)cc1C. The molecule has 0 aliphatic carbocycles. The van der Waals surface area contributed by atoms with Crippen molar-refractivity contribution in [2.75, 3.05) is 0 Å². The fourth-order valence-electron chi connectivity index (χ4n) is 1.63. The van der Waals surface area contributed by atoms with E-state index in [-0.39, 0.29) is 5.92 Å². The summed E-state index contributed by atoms with van der Waals surface area (Å²) in [6.45, 7) is 6.17. The molecule has 0 aromatic heterocycles. The number of aldehydes is 1. The van der Waals surface area contributed by atoms with Gasteiger partial charge in [-0.3, -0.25) is 0 Å². The highest BCUT2D eigenvalue weighted by Crippen LogP contribution is 2.21. The molecule has 0 saturated heterocycles. The molecule has 0 N–H and O–H groups in total. The van der Waals surface area contributed by atoms with Crippen molar-refractivity contribution in [2.45, 2.75) is 33.1 Å². The number of hydrogen-bond acceptors (Lipinski definition) is 1. The van der Waals surface area contributed by atoms with Gasteiger partial charge in [0.1, 0.15) is 6.29 Å². The third-order valence-electron chi connectivity index (χ3n) is 2.43. The first kappa shape index (κ1) is 9.97. The van der Waals surface area contributed by atoms with Crippen LogP contribution in [0.15, 0.2) is 18.2 Å². The average molecular weight is 176 g/mol. The number of carbonyl (C=O) groups is 1. The van der Waals surface area contributed by atoms with Gasteiger partial charge in [-0.1, -0.05) is 30.7 Å². The quantitative estimate of drug-likeness (QED) is 0.647. The fourth-order valence-corrected chi connectivity index (χ4v) is 1.63. The lowest BCUT2D eigenvalue weighted by atomic mass is 9.93. The van der Waals surface area contributed by atoms with Crippen LogP contribution in [-0.4, -0.2) is 6.29 Å². The Morgan fingerprint density at radius 3 is 2.54 bits per heavy atom. The zero-order valence-electron chi connectivity index (χ0n) is 8.50. The van der Waals surface area contributed by atoms with Gasteiger partial charge >= 0.3 is 0 Å². The Kier molecular flexibility index (Phi) is 3.24. The van der Waals surface area contributed by atoms with Crippen molar-refractivity contribution >= 4 is 6.29 Å². The van der Waals surface area contributed by atoms with Gasteiger partial charge in [-0.15, -0.1) is 0 Å². The van der Waals surface area contributed by atoms with Crippen LogP contribution < -0.4 is 0 Å². The summed E-state index contributed by atoms with van der Waals surface area (Å²) in [4.78, 5) is 10.8. The summed E-state index contributed by atoms with van der Waals surface area (Å²) in [6, 6.07) is 6.25. The van der Waals surface area contributed by atoms with E-state index in [0.29, 0.717) is 0 Å². The summed E-state index contributed by atoms with van der Waals surface area (Å²) >= 11 is 0. The molecule has 0 fully saturated rings. The molecular weight excluding hydrogens is 160 g/mol. The van der Waals surface area contributed by atoms with E-state index in [9.17, 15) is 4.79 Å². The molecule has 0 spiro atoms. The molecular formula is C12H16O. The van der Waals surface area contributed by atoms with Crippen LogP contribution in [0.2, 0.25) is 0 Å². The van der Waals surface area contributed by atoms with Gasteiger partial charge in [0.25, 0.3) is 0 Å². The fraction of sp³-hybridized carbons (Fsp3) is 0.417. The predicted octanol–water partition coefficient (Wildman–Crippen LogP) is 3.00. The minimum Gasteiger partial charge on any atom is -0.303 e. The Morgan fingerprint density at radius 1 is 1.38 bits per heavy atom. The van der Waals surface area contributed by atoms with Gasteiger partial charge in [0.15, 0.2) is 0 Å². The molecule has 1 atom stereocenters. The third-order valence-corrected chi connectivity index (χ3v) is 2.43. The lowest BCUT2D eigenvalue weighted by Crippen LogP contribution is -2.01. The van der Waals surface area contributed by atoms with Gasteiger partial charge in [0, 0.05) is 5.92 Å². The zero-order valence-corrected chi connectivity index (χ0v) is 8.50. The minimum absolute atomic E-state index is 0.0700. The molecule has 0 bridgehead atoms. The van der Waals surface area contributed by atoms with Crippen LogP contribution >= 0.6 is 0 Å². The molecule has 1 aromatic carbocycles. The standard InChI is InChI=1S/C12H16O/c1-4-11(8-13)12-6-5-9(2)7-10(12)3/h5-8,11H,4H2,1-3H3. The molecule has 70 valence electrons. The average Bonchev–Trinajstić information content (AvgIpc) is 2.10. The molecule has 1 nitrogen and oxygen atoms in total. The van der Waals surface area contributed by atoms with Crippen molar-refractivity contribution in [1.82, 2.24) is 0 Å².